The second-order valence-electron chi connectivity index (χ2n) is 3.29. The lowest BCUT2D eigenvalue weighted by molar-refractivity contribution is 0.104. The number of H-pyrrole nitrogens is 2. The fourth-order valence-electron chi connectivity index (χ4n) is 1.59. The maximum Gasteiger partial charge on any atom is 0.213 e. The minimum Gasteiger partial charge on any atom is -0.378 e. The quantitative estimate of drug-likeness (QED) is 0.727. The van der Waals surface area contributed by atoms with E-state index < -0.39 is 0 Å². The van der Waals surface area contributed by atoms with Crippen molar-refractivity contribution in [2.24, 2.45) is 0 Å². The number of nitrogens with zero attached hydrogens (tertiary/aromatic N) is 1. The van der Waals surface area contributed by atoms with Crippen LogP contribution in [0.25, 0.3) is 0 Å². The van der Waals surface area contributed by atoms with Gasteiger partial charge in [-0.3, -0.25) is 10.2 Å². The molecule has 4 nitrogen and oxygen atoms in total. The molecule has 5 heteroatoms. The average Bonchev–Trinajstić information content (AvgIpc) is 2.71. The summed E-state index contributed by atoms with van der Waals surface area (Å²) in [7, 11) is 0. The summed E-state index contributed by atoms with van der Waals surface area (Å²) < 4.78 is 6.03. The smallest absolute Gasteiger partial charge is 0.213 e. The lowest BCUT2D eigenvalue weighted by atomic mass is 10.1. The molecule has 0 amide bonds. The normalized spacial score (nSPS) is 22.3. The van der Waals surface area contributed by atoms with Crippen molar-refractivity contribution in [2.75, 3.05) is 6.61 Å². The Morgan fingerprint density at radius 3 is 3.08 bits per heavy atom. The molecule has 1 saturated heterocycles. The van der Waals surface area contributed by atoms with Crippen molar-refractivity contribution in [1.82, 2.24) is 15.2 Å². The topological polar surface area (TPSA) is 53.7 Å². The van der Waals surface area contributed by atoms with E-state index in [0.717, 1.165) is 25.3 Å². The minimum absolute atomic E-state index is 0.429. The van der Waals surface area contributed by atoms with E-state index in [1.54, 1.807) is 0 Å². The molecule has 0 spiro atoms. The van der Waals surface area contributed by atoms with Crippen LogP contribution in [-0.2, 0) is 11.2 Å². The molecule has 2 heterocycles. The molecular formula is C8H13N3OS. The summed E-state index contributed by atoms with van der Waals surface area (Å²) in [5.41, 5.74) is 0. The standard InChI is InChI=1S/C8H13N3OS/c13-8-9-7(10-11-8)4-3-6-2-1-5-12-6/h6H,1-5H2,(H2,9,10,11,13). The second-order valence-corrected chi connectivity index (χ2v) is 3.67. The van der Waals surface area contributed by atoms with Crippen LogP contribution >= 0.6 is 12.2 Å². The van der Waals surface area contributed by atoms with Crippen LogP contribution in [0.15, 0.2) is 0 Å². The number of rotatable bonds is 3. The van der Waals surface area contributed by atoms with Gasteiger partial charge in [-0.25, -0.2) is 4.98 Å². The third-order valence-electron chi connectivity index (χ3n) is 2.28. The first-order chi connectivity index (χ1) is 6.34. The SMILES string of the molecule is S=c1nc(CCC2CCCO2)[nH][nH]1. The molecule has 0 aromatic carbocycles. The number of ether oxygens (including phenoxy) is 1. The van der Waals surface area contributed by atoms with Crippen molar-refractivity contribution in [3.8, 4) is 0 Å². The maximum absolute atomic E-state index is 5.50. The molecule has 1 aliphatic heterocycles. The number of aromatic nitrogens is 3. The van der Waals surface area contributed by atoms with Gasteiger partial charge in [0.15, 0.2) is 0 Å². The van der Waals surface area contributed by atoms with E-state index in [2.05, 4.69) is 15.2 Å². The van der Waals surface area contributed by atoms with Crippen molar-refractivity contribution in [1.29, 1.82) is 0 Å². The number of aryl methyl sites for hydroxylation is 1. The molecule has 2 rings (SSSR count). The number of hydrogen-bond acceptors (Lipinski definition) is 3. The zero-order valence-corrected chi connectivity index (χ0v) is 8.19. The minimum atomic E-state index is 0.429. The molecule has 1 aromatic rings. The third kappa shape index (κ3) is 2.38. The highest BCUT2D eigenvalue weighted by Gasteiger charge is 2.15. The molecule has 1 unspecified atom stereocenters. The lowest BCUT2D eigenvalue weighted by Crippen LogP contribution is -2.06. The van der Waals surface area contributed by atoms with Crippen LogP contribution < -0.4 is 0 Å². The van der Waals surface area contributed by atoms with Crippen LogP contribution in [0.1, 0.15) is 25.1 Å². The van der Waals surface area contributed by atoms with Crippen molar-refractivity contribution in [3.63, 3.8) is 0 Å². The van der Waals surface area contributed by atoms with Crippen molar-refractivity contribution in [2.45, 2.75) is 31.8 Å². The van der Waals surface area contributed by atoms with Gasteiger partial charge in [0.25, 0.3) is 0 Å². The van der Waals surface area contributed by atoms with Gasteiger partial charge in [-0.1, -0.05) is 0 Å². The Hall–Kier alpha value is -0.680. The van der Waals surface area contributed by atoms with Crippen LogP contribution in [0.3, 0.4) is 0 Å². The van der Waals surface area contributed by atoms with Gasteiger partial charge in [0.2, 0.25) is 4.77 Å². The number of aromatic amines is 2. The molecule has 1 fully saturated rings. The maximum atomic E-state index is 5.50. The molecule has 1 aliphatic rings. The number of hydrogen-bond donors (Lipinski definition) is 2. The van der Waals surface area contributed by atoms with Gasteiger partial charge < -0.3 is 4.74 Å². The summed E-state index contributed by atoms with van der Waals surface area (Å²) in [4.78, 5) is 4.12. The van der Waals surface area contributed by atoms with Gasteiger partial charge in [-0.05, 0) is 31.5 Å². The molecule has 0 saturated carbocycles. The molecule has 13 heavy (non-hydrogen) atoms. The van der Waals surface area contributed by atoms with E-state index in [0.29, 0.717) is 10.9 Å². The second kappa shape index (κ2) is 4.02. The predicted octanol–water partition coefficient (Wildman–Crippen LogP) is 1.58. The Morgan fingerprint density at radius 1 is 1.54 bits per heavy atom. The third-order valence-corrected chi connectivity index (χ3v) is 2.47. The van der Waals surface area contributed by atoms with Crippen LogP contribution in [0.5, 0.6) is 0 Å². The Labute approximate surface area is 81.7 Å². The Bertz CT molecular complexity index is 313. The summed E-state index contributed by atoms with van der Waals surface area (Å²) >= 11 is 4.85. The fourth-order valence-corrected chi connectivity index (χ4v) is 1.75. The Morgan fingerprint density at radius 2 is 2.46 bits per heavy atom. The van der Waals surface area contributed by atoms with Gasteiger partial charge in [0.1, 0.15) is 5.82 Å². The van der Waals surface area contributed by atoms with E-state index in [-0.39, 0.29) is 0 Å². The summed E-state index contributed by atoms with van der Waals surface area (Å²) in [6, 6.07) is 0. The number of nitrogens with one attached hydrogen (secondary N) is 2. The van der Waals surface area contributed by atoms with Crippen LogP contribution in [0.4, 0.5) is 0 Å². The van der Waals surface area contributed by atoms with Gasteiger partial charge in [0, 0.05) is 13.0 Å². The average molecular weight is 199 g/mol. The predicted molar refractivity (Wildman–Crippen MR) is 51.1 cm³/mol. The van der Waals surface area contributed by atoms with E-state index in [1.807, 2.05) is 0 Å². The van der Waals surface area contributed by atoms with Gasteiger partial charge in [-0.15, -0.1) is 0 Å². The first kappa shape index (κ1) is 8.90. The molecule has 1 aromatic heterocycles. The van der Waals surface area contributed by atoms with E-state index in [9.17, 15) is 0 Å². The molecule has 0 radical (unpaired) electrons. The monoisotopic (exact) mass is 199 g/mol. The summed E-state index contributed by atoms with van der Waals surface area (Å²) in [5, 5.41) is 5.72. The largest absolute Gasteiger partial charge is 0.378 e. The van der Waals surface area contributed by atoms with Crippen LogP contribution in [-0.4, -0.2) is 27.9 Å². The zero-order chi connectivity index (χ0) is 9.10. The molecule has 2 N–H and O–H groups in total. The van der Waals surface area contributed by atoms with Crippen molar-refractivity contribution < 1.29 is 4.74 Å². The van der Waals surface area contributed by atoms with Gasteiger partial charge >= 0.3 is 0 Å². The van der Waals surface area contributed by atoms with E-state index in [1.165, 1.54) is 12.8 Å². The Kier molecular flexibility index (Phi) is 2.75. The highest BCUT2D eigenvalue weighted by molar-refractivity contribution is 7.71. The molecule has 1 atom stereocenters. The first-order valence-corrected chi connectivity index (χ1v) is 5.00. The molecule has 0 bridgehead atoms. The van der Waals surface area contributed by atoms with E-state index >= 15 is 0 Å². The van der Waals surface area contributed by atoms with Crippen molar-refractivity contribution >= 4 is 12.2 Å². The molecular weight excluding hydrogens is 186 g/mol. The van der Waals surface area contributed by atoms with Crippen molar-refractivity contribution in [3.05, 3.63) is 10.6 Å². The fraction of sp³-hybridized carbons (Fsp3) is 0.750. The van der Waals surface area contributed by atoms with E-state index in [4.69, 9.17) is 17.0 Å². The van der Waals surface area contributed by atoms with Gasteiger partial charge in [0.05, 0.1) is 6.10 Å². The lowest BCUT2D eigenvalue weighted by Gasteiger charge is -2.06. The summed E-state index contributed by atoms with van der Waals surface area (Å²) in [5.74, 6) is 0.931. The van der Waals surface area contributed by atoms with Gasteiger partial charge in [-0.2, -0.15) is 0 Å². The molecule has 0 aliphatic carbocycles. The summed E-state index contributed by atoms with van der Waals surface area (Å²) in [6.07, 6.45) is 4.76. The zero-order valence-electron chi connectivity index (χ0n) is 7.38. The van der Waals surface area contributed by atoms with Crippen LogP contribution in [0.2, 0.25) is 0 Å². The van der Waals surface area contributed by atoms with Crippen LogP contribution in [0, 0.1) is 4.77 Å². The highest BCUT2D eigenvalue weighted by atomic mass is 32.1. The highest BCUT2D eigenvalue weighted by Crippen LogP contribution is 2.16. The molecule has 72 valence electrons. The first-order valence-electron chi connectivity index (χ1n) is 4.60. The summed E-state index contributed by atoms with van der Waals surface area (Å²) in [6.45, 7) is 0.918. The Balaban J connectivity index is 1.82.